The number of nitrogens with two attached hydrogens (primary N) is 1. The number of pyridine rings is 1. The molecule has 0 amide bonds. The van der Waals surface area contributed by atoms with Gasteiger partial charge in [-0.15, -0.1) is 0 Å². The molecule has 4 nitrogen and oxygen atoms in total. The average Bonchev–Trinajstić information content (AvgIpc) is 2.33. The molecule has 0 spiro atoms. The van der Waals surface area contributed by atoms with Gasteiger partial charge in [-0.3, -0.25) is 21.2 Å². The molecule has 2 atom stereocenters. The maximum Gasteiger partial charge on any atom is 0.141 e. The van der Waals surface area contributed by atoms with Crippen LogP contribution in [0.2, 0.25) is 0 Å². The summed E-state index contributed by atoms with van der Waals surface area (Å²) >= 11 is 1.90. The van der Waals surface area contributed by atoms with Gasteiger partial charge in [0.15, 0.2) is 0 Å². The lowest BCUT2D eigenvalue weighted by Crippen LogP contribution is -2.49. The molecule has 2 rings (SSSR count). The van der Waals surface area contributed by atoms with Crippen LogP contribution in [0.4, 0.5) is 4.39 Å². The van der Waals surface area contributed by atoms with Crippen molar-refractivity contribution in [2.75, 3.05) is 25.1 Å². The molecule has 94 valence electrons. The summed E-state index contributed by atoms with van der Waals surface area (Å²) in [5.74, 6) is 7.41. The second kappa shape index (κ2) is 5.77. The molecule has 0 radical (unpaired) electrons. The summed E-state index contributed by atoms with van der Waals surface area (Å²) in [6, 6.07) is 1.67. The summed E-state index contributed by atoms with van der Waals surface area (Å²) in [7, 11) is 2.07. The van der Waals surface area contributed by atoms with Gasteiger partial charge in [0.1, 0.15) is 5.82 Å². The van der Waals surface area contributed by atoms with Crippen LogP contribution in [0.5, 0.6) is 0 Å². The second-order valence-electron chi connectivity index (χ2n) is 4.20. The third-order valence-electron chi connectivity index (χ3n) is 3.09. The number of aromatic nitrogens is 1. The zero-order valence-electron chi connectivity index (χ0n) is 9.77. The van der Waals surface area contributed by atoms with Crippen molar-refractivity contribution in [3.05, 3.63) is 29.8 Å². The molecule has 17 heavy (non-hydrogen) atoms. The fourth-order valence-electron chi connectivity index (χ4n) is 2.08. The largest absolute Gasteiger partial charge is 0.300 e. The van der Waals surface area contributed by atoms with Crippen molar-refractivity contribution >= 4 is 11.8 Å². The van der Waals surface area contributed by atoms with Crippen molar-refractivity contribution in [1.29, 1.82) is 0 Å². The number of hydrogen-bond donors (Lipinski definition) is 2. The first-order valence-electron chi connectivity index (χ1n) is 5.57. The first-order valence-corrected chi connectivity index (χ1v) is 6.72. The first-order chi connectivity index (χ1) is 8.22. The summed E-state index contributed by atoms with van der Waals surface area (Å²) in [4.78, 5) is 6.13. The third kappa shape index (κ3) is 2.95. The lowest BCUT2D eigenvalue weighted by atomic mass is 10.0. The van der Waals surface area contributed by atoms with E-state index in [1.54, 1.807) is 6.20 Å². The summed E-state index contributed by atoms with van der Waals surface area (Å²) in [5, 5.41) is 0. The minimum Gasteiger partial charge on any atom is -0.300 e. The Kier molecular flexibility index (Phi) is 4.33. The summed E-state index contributed by atoms with van der Waals surface area (Å²) in [5.41, 5.74) is 3.58. The number of nitrogens with zero attached hydrogens (tertiary/aromatic N) is 2. The molecule has 1 aliphatic rings. The molecule has 2 unspecified atom stereocenters. The molecule has 0 saturated carbocycles. The molecule has 6 heteroatoms. The Morgan fingerprint density at radius 3 is 3.12 bits per heavy atom. The highest BCUT2D eigenvalue weighted by molar-refractivity contribution is 7.99. The van der Waals surface area contributed by atoms with E-state index in [0.29, 0.717) is 0 Å². The van der Waals surface area contributed by atoms with E-state index in [1.165, 1.54) is 12.3 Å². The molecule has 0 aromatic carbocycles. The maximum absolute atomic E-state index is 13.2. The van der Waals surface area contributed by atoms with E-state index in [1.807, 2.05) is 11.8 Å². The summed E-state index contributed by atoms with van der Waals surface area (Å²) < 4.78 is 13.2. The van der Waals surface area contributed by atoms with Crippen LogP contribution in [0.3, 0.4) is 0 Å². The minimum atomic E-state index is -0.325. The SMILES string of the molecule is CN1CCSCC1C(NN)c1cncc(F)c1. The van der Waals surface area contributed by atoms with E-state index >= 15 is 0 Å². The smallest absolute Gasteiger partial charge is 0.141 e. The van der Waals surface area contributed by atoms with Crippen LogP contribution < -0.4 is 11.3 Å². The molecule has 1 fully saturated rings. The first kappa shape index (κ1) is 12.8. The third-order valence-corrected chi connectivity index (χ3v) is 4.14. The average molecular weight is 256 g/mol. The Hall–Kier alpha value is -0.690. The molecular formula is C11H17FN4S. The number of likely N-dealkylation sites (N-methyl/N-ethyl adjacent to an activating group) is 1. The van der Waals surface area contributed by atoms with Gasteiger partial charge in [0.2, 0.25) is 0 Å². The van der Waals surface area contributed by atoms with Gasteiger partial charge in [0, 0.05) is 30.3 Å². The van der Waals surface area contributed by atoms with Crippen LogP contribution in [-0.4, -0.2) is 41.0 Å². The maximum atomic E-state index is 13.2. The van der Waals surface area contributed by atoms with E-state index < -0.39 is 0 Å². The number of halogens is 1. The van der Waals surface area contributed by atoms with Crippen molar-refractivity contribution in [3.63, 3.8) is 0 Å². The van der Waals surface area contributed by atoms with Crippen molar-refractivity contribution in [2.24, 2.45) is 5.84 Å². The second-order valence-corrected chi connectivity index (χ2v) is 5.35. The standard InChI is InChI=1S/C11H17FN4S/c1-16-2-3-17-7-10(16)11(15-13)8-4-9(12)6-14-5-8/h4-6,10-11,15H,2-3,7,13H2,1H3. The van der Waals surface area contributed by atoms with Gasteiger partial charge in [-0.1, -0.05) is 0 Å². The van der Waals surface area contributed by atoms with E-state index in [4.69, 9.17) is 5.84 Å². The highest BCUT2D eigenvalue weighted by Gasteiger charge is 2.28. The Morgan fingerprint density at radius 1 is 1.65 bits per heavy atom. The van der Waals surface area contributed by atoms with Crippen LogP contribution in [-0.2, 0) is 0 Å². The van der Waals surface area contributed by atoms with Gasteiger partial charge < -0.3 is 0 Å². The molecule has 1 aromatic heterocycles. The Morgan fingerprint density at radius 2 is 2.47 bits per heavy atom. The number of rotatable bonds is 3. The molecule has 1 aromatic rings. The Bertz CT molecular complexity index is 376. The zero-order chi connectivity index (χ0) is 12.3. The molecule has 0 bridgehead atoms. The lowest BCUT2D eigenvalue weighted by molar-refractivity contribution is 0.216. The molecule has 0 aliphatic carbocycles. The van der Waals surface area contributed by atoms with Crippen LogP contribution >= 0.6 is 11.8 Å². The van der Waals surface area contributed by atoms with Gasteiger partial charge in [0.25, 0.3) is 0 Å². The van der Waals surface area contributed by atoms with Crippen LogP contribution in [0.15, 0.2) is 18.5 Å². The van der Waals surface area contributed by atoms with Crippen LogP contribution in [0.25, 0.3) is 0 Å². The predicted octanol–water partition coefficient (Wildman–Crippen LogP) is 0.772. The lowest BCUT2D eigenvalue weighted by Gasteiger charge is -2.37. The number of nitrogens with one attached hydrogen (secondary N) is 1. The number of hydrogen-bond acceptors (Lipinski definition) is 5. The van der Waals surface area contributed by atoms with Gasteiger partial charge in [-0.25, -0.2) is 4.39 Å². The van der Waals surface area contributed by atoms with Crippen molar-refractivity contribution in [3.8, 4) is 0 Å². The molecular weight excluding hydrogens is 239 g/mol. The molecule has 1 aliphatic heterocycles. The quantitative estimate of drug-likeness (QED) is 0.618. The van der Waals surface area contributed by atoms with E-state index in [0.717, 1.165) is 23.6 Å². The molecule has 1 saturated heterocycles. The molecule has 3 N–H and O–H groups in total. The number of thioether (sulfide) groups is 1. The van der Waals surface area contributed by atoms with Gasteiger partial charge in [0.05, 0.1) is 12.2 Å². The fraction of sp³-hybridized carbons (Fsp3) is 0.545. The Balaban J connectivity index is 2.20. The topological polar surface area (TPSA) is 54.2 Å². The highest BCUT2D eigenvalue weighted by atomic mass is 32.2. The fourth-order valence-corrected chi connectivity index (χ4v) is 3.36. The van der Waals surface area contributed by atoms with Gasteiger partial charge in [-0.05, 0) is 18.7 Å². The van der Waals surface area contributed by atoms with Gasteiger partial charge in [-0.2, -0.15) is 11.8 Å². The van der Waals surface area contributed by atoms with Crippen LogP contribution in [0.1, 0.15) is 11.6 Å². The normalized spacial score (nSPS) is 23.6. The highest BCUT2D eigenvalue weighted by Crippen LogP contribution is 2.26. The summed E-state index contributed by atoms with van der Waals surface area (Å²) in [6.07, 6.45) is 2.87. The van der Waals surface area contributed by atoms with E-state index in [-0.39, 0.29) is 17.9 Å². The van der Waals surface area contributed by atoms with Crippen molar-refractivity contribution in [1.82, 2.24) is 15.3 Å². The van der Waals surface area contributed by atoms with Crippen molar-refractivity contribution < 1.29 is 4.39 Å². The summed E-state index contributed by atoms with van der Waals surface area (Å²) in [6.45, 7) is 1.02. The minimum absolute atomic E-state index is 0.0870. The van der Waals surface area contributed by atoms with Crippen LogP contribution in [0, 0.1) is 5.82 Å². The predicted molar refractivity (Wildman–Crippen MR) is 68.0 cm³/mol. The van der Waals surface area contributed by atoms with E-state index in [2.05, 4.69) is 22.4 Å². The zero-order valence-corrected chi connectivity index (χ0v) is 10.6. The van der Waals surface area contributed by atoms with Crippen molar-refractivity contribution in [2.45, 2.75) is 12.1 Å². The van der Waals surface area contributed by atoms with E-state index in [9.17, 15) is 4.39 Å². The molecule has 2 heterocycles. The van der Waals surface area contributed by atoms with Gasteiger partial charge >= 0.3 is 0 Å². The number of hydrazine groups is 1. The Labute approximate surface area is 105 Å². The monoisotopic (exact) mass is 256 g/mol.